The number of aryl methyl sites for hydroxylation is 1. The molecule has 0 unspecified atom stereocenters. The van der Waals surface area contributed by atoms with Crippen molar-refractivity contribution >= 4 is 6.03 Å². The number of carbonyl (C=O) groups is 1. The lowest BCUT2D eigenvalue weighted by Gasteiger charge is -2.29. The van der Waals surface area contributed by atoms with Gasteiger partial charge in [0.1, 0.15) is 23.3 Å². The molecule has 8 heteroatoms. The molecule has 4 rings (SSSR count). The summed E-state index contributed by atoms with van der Waals surface area (Å²) in [5, 5.41) is 11.2. The van der Waals surface area contributed by atoms with E-state index in [4.69, 9.17) is 0 Å². The van der Waals surface area contributed by atoms with E-state index in [1.165, 1.54) is 6.07 Å². The zero-order valence-electron chi connectivity index (χ0n) is 13.8. The number of nitrogens with zero attached hydrogens (tertiary/aromatic N) is 4. The number of fused-ring (bicyclic) bond motifs is 2. The van der Waals surface area contributed by atoms with Crippen molar-refractivity contribution in [3.05, 3.63) is 46.5 Å². The molecule has 0 atom stereocenters. The molecule has 2 amide bonds. The van der Waals surface area contributed by atoms with Gasteiger partial charge in [-0.2, -0.15) is 0 Å². The second-order valence-corrected chi connectivity index (χ2v) is 6.47. The topological polar surface area (TPSA) is 63.1 Å². The summed E-state index contributed by atoms with van der Waals surface area (Å²) < 4.78 is 29.2. The fourth-order valence-corrected chi connectivity index (χ4v) is 3.57. The third-order valence-corrected chi connectivity index (χ3v) is 4.84. The van der Waals surface area contributed by atoms with Crippen molar-refractivity contribution in [3.8, 4) is 0 Å². The molecule has 0 fully saturated rings. The van der Waals surface area contributed by atoms with Crippen molar-refractivity contribution < 1.29 is 13.6 Å². The van der Waals surface area contributed by atoms with Gasteiger partial charge in [0.05, 0.1) is 0 Å². The largest absolute Gasteiger partial charge is 0.338 e. The van der Waals surface area contributed by atoms with Crippen LogP contribution in [0, 0.1) is 11.6 Å². The fourth-order valence-electron chi connectivity index (χ4n) is 3.57. The molecule has 0 saturated heterocycles. The third-order valence-electron chi connectivity index (χ3n) is 4.84. The number of amides is 2. The Kier molecular flexibility index (Phi) is 4.10. The van der Waals surface area contributed by atoms with Crippen LogP contribution in [0.5, 0.6) is 0 Å². The van der Waals surface area contributed by atoms with E-state index >= 15 is 0 Å². The summed E-state index contributed by atoms with van der Waals surface area (Å²) in [5.74, 6) is 0.758. The second kappa shape index (κ2) is 6.42. The molecule has 0 spiro atoms. The van der Waals surface area contributed by atoms with Crippen LogP contribution in [-0.2, 0) is 32.4 Å². The average Bonchev–Trinajstić information content (AvgIpc) is 3.18. The third kappa shape index (κ3) is 3.08. The molecule has 1 aromatic carbocycles. The van der Waals surface area contributed by atoms with Gasteiger partial charge in [0.2, 0.25) is 0 Å². The first kappa shape index (κ1) is 16.0. The molecular weight excluding hydrogens is 328 g/mol. The highest BCUT2D eigenvalue weighted by molar-refractivity contribution is 5.74. The average molecular weight is 347 g/mol. The smallest absolute Gasteiger partial charge is 0.317 e. The van der Waals surface area contributed by atoms with Crippen LogP contribution in [0.15, 0.2) is 12.1 Å². The molecule has 132 valence electrons. The number of urea groups is 1. The number of hydrogen-bond donors (Lipinski definition) is 1. The molecule has 3 heterocycles. The second-order valence-electron chi connectivity index (χ2n) is 6.47. The van der Waals surface area contributed by atoms with Gasteiger partial charge in [-0.25, -0.2) is 13.6 Å². The monoisotopic (exact) mass is 347 g/mol. The zero-order valence-corrected chi connectivity index (χ0v) is 13.8. The van der Waals surface area contributed by atoms with Gasteiger partial charge >= 0.3 is 6.03 Å². The molecule has 6 nitrogen and oxygen atoms in total. The number of nitrogens with one attached hydrogen (secondary N) is 1. The van der Waals surface area contributed by atoms with Crippen LogP contribution in [0.2, 0.25) is 0 Å². The Labute approximate surface area is 143 Å². The summed E-state index contributed by atoms with van der Waals surface area (Å²) >= 11 is 0. The molecule has 2 aliphatic heterocycles. The highest BCUT2D eigenvalue weighted by Crippen LogP contribution is 2.23. The molecule has 25 heavy (non-hydrogen) atoms. The molecule has 0 aliphatic carbocycles. The van der Waals surface area contributed by atoms with E-state index in [9.17, 15) is 13.6 Å². The number of halogens is 2. The van der Waals surface area contributed by atoms with Gasteiger partial charge in [-0.05, 0) is 30.0 Å². The van der Waals surface area contributed by atoms with E-state index < -0.39 is 11.6 Å². The first-order chi connectivity index (χ1) is 12.1. The van der Waals surface area contributed by atoms with Gasteiger partial charge in [0.25, 0.3) is 0 Å². The van der Waals surface area contributed by atoms with Crippen molar-refractivity contribution in [2.45, 2.75) is 38.8 Å². The Bertz CT molecular complexity index is 820. The highest BCUT2D eigenvalue weighted by Gasteiger charge is 2.24. The van der Waals surface area contributed by atoms with Crippen molar-refractivity contribution in [2.75, 3.05) is 13.1 Å². The van der Waals surface area contributed by atoms with E-state index in [0.717, 1.165) is 37.1 Å². The van der Waals surface area contributed by atoms with Gasteiger partial charge in [-0.1, -0.05) is 0 Å². The van der Waals surface area contributed by atoms with Gasteiger partial charge in [0.15, 0.2) is 0 Å². The minimum Gasteiger partial charge on any atom is -0.338 e. The van der Waals surface area contributed by atoms with Crippen LogP contribution in [0.25, 0.3) is 0 Å². The summed E-state index contributed by atoms with van der Waals surface area (Å²) in [5.41, 5.74) is 1.04. The van der Waals surface area contributed by atoms with E-state index in [0.29, 0.717) is 37.1 Å². The minimum atomic E-state index is -0.612. The number of aromatic nitrogens is 3. The summed E-state index contributed by atoms with van der Waals surface area (Å²) in [6.07, 6.45) is 3.06. The molecule has 0 saturated carbocycles. The first-order valence-electron chi connectivity index (χ1n) is 8.52. The molecule has 1 N–H and O–H groups in total. The predicted octanol–water partition coefficient (Wildman–Crippen LogP) is 1.81. The lowest BCUT2D eigenvalue weighted by molar-refractivity contribution is 0.192. The maximum Gasteiger partial charge on any atom is 0.317 e. The standard InChI is InChI=1S/C17H19F2N5O/c18-12-8-11-10-23(7-4-13(11)14(19)9-12)17(25)20-5-3-16-22-21-15-2-1-6-24(15)16/h8-9H,1-7,10H2,(H,20,25). The molecule has 2 aliphatic rings. The van der Waals surface area contributed by atoms with Crippen molar-refractivity contribution in [3.63, 3.8) is 0 Å². The van der Waals surface area contributed by atoms with Gasteiger partial charge in [0, 0.05) is 45.1 Å². The summed E-state index contributed by atoms with van der Waals surface area (Å²) in [7, 11) is 0. The molecule has 2 aromatic rings. The van der Waals surface area contributed by atoms with Crippen molar-refractivity contribution in [1.29, 1.82) is 0 Å². The van der Waals surface area contributed by atoms with Crippen LogP contribution in [0.4, 0.5) is 13.6 Å². The number of hydrogen-bond acceptors (Lipinski definition) is 3. The lowest BCUT2D eigenvalue weighted by atomic mass is 9.99. The molecule has 0 bridgehead atoms. The Morgan fingerprint density at radius 3 is 2.96 bits per heavy atom. The number of rotatable bonds is 3. The van der Waals surface area contributed by atoms with E-state index in [1.54, 1.807) is 4.90 Å². The highest BCUT2D eigenvalue weighted by atomic mass is 19.1. The van der Waals surface area contributed by atoms with Gasteiger partial charge in [-0.3, -0.25) is 0 Å². The molecule has 1 aromatic heterocycles. The van der Waals surface area contributed by atoms with Gasteiger partial charge < -0.3 is 14.8 Å². The van der Waals surface area contributed by atoms with Crippen LogP contribution in [-0.4, -0.2) is 38.8 Å². The normalized spacial score (nSPS) is 15.8. The summed E-state index contributed by atoms with van der Waals surface area (Å²) in [4.78, 5) is 13.9. The van der Waals surface area contributed by atoms with Crippen LogP contribution >= 0.6 is 0 Å². The fraction of sp³-hybridized carbons (Fsp3) is 0.471. The van der Waals surface area contributed by atoms with Crippen LogP contribution in [0.3, 0.4) is 0 Å². The number of benzene rings is 1. The predicted molar refractivity (Wildman–Crippen MR) is 85.9 cm³/mol. The summed E-state index contributed by atoms with van der Waals surface area (Å²) in [6, 6.07) is 1.97. The quantitative estimate of drug-likeness (QED) is 0.921. The van der Waals surface area contributed by atoms with Crippen LogP contribution < -0.4 is 5.32 Å². The van der Waals surface area contributed by atoms with Crippen molar-refractivity contribution in [2.24, 2.45) is 0 Å². The van der Waals surface area contributed by atoms with E-state index in [1.807, 2.05) is 0 Å². The maximum absolute atomic E-state index is 13.8. The molecule has 0 radical (unpaired) electrons. The Morgan fingerprint density at radius 1 is 1.20 bits per heavy atom. The lowest BCUT2D eigenvalue weighted by Crippen LogP contribution is -2.43. The molecular formula is C17H19F2N5O. The first-order valence-corrected chi connectivity index (χ1v) is 8.52. The van der Waals surface area contributed by atoms with E-state index in [-0.39, 0.29) is 12.6 Å². The maximum atomic E-state index is 13.8. The van der Waals surface area contributed by atoms with Crippen molar-refractivity contribution in [1.82, 2.24) is 25.0 Å². The zero-order chi connectivity index (χ0) is 17.4. The SMILES string of the molecule is O=C(NCCc1nnc2n1CCC2)N1CCc2c(F)cc(F)cc2C1. The Morgan fingerprint density at radius 2 is 2.08 bits per heavy atom. The van der Waals surface area contributed by atoms with Crippen LogP contribution in [0.1, 0.15) is 29.2 Å². The minimum absolute atomic E-state index is 0.218. The Balaban J connectivity index is 1.34. The number of carbonyl (C=O) groups excluding carboxylic acids is 1. The van der Waals surface area contributed by atoms with Gasteiger partial charge in [-0.15, -0.1) is 10.2 Å². The Hall–Kier alpha value is -2.51. The summed E-state index contributed by atoms with van der Waals surface area (Å²) in [6.45, 7) is 2.03. The van der Waals surface area contributed by atoms with E-state index in [2.05, 4.69) is 20.1 Å².